The first-order valence-electron chi connectivity index (χ1n) is 14.0. The highest BCUT2D eigenvalue weighted by Crippen LogP contribution is 2.34. The molecule has 0 radical (unpaired) electrons. The van der Waals surface area contributed by atoms with Crippen LogP contribution in [0.5, 0.6) is 0 Å². The Balaban J connectivity index is 0.000000182. The topological polar surface area (TPSA) is 4.93 Å². The number of para-hydroxylation sites is 2. The molecule has 0 bridgehead atoms. The van der Waals surface area contributed by atoms with E-state index in [1.165, 1.54) is 66.4 Å². The lowest BCUT2D eigenvalue weighted by atomic mass is 9.97. The van der Waals surface area contributed by atoms with Gasteiger partial charge in [-0.25, -0.2) is 0 Å². The van der Waals surface area contributed by atoms with Crippen molar-refractivity contribution in [3.8, 4) is 27.9 Å². The van der Waals surface area contributed by atoms with Crippen LogP contribution in [0.15, 0.2) is 144 Å². The predicted octanol–water partition coefficient (Wildman–Crippen LogP) is 11.0. The molecule has 200 valence electrons. The zero-order chi connectivity index (χ0) is 28.3. The maximum Gasteiger partial charge on any atom is 0.0541 e. The molecule has 0 unspecified atom stereocenters. The van der Waals surface area contributed by atoms with E-state index in [1.807, 2.05) is 12.1 Å². The molecular weight excluding hydrogens is 515 g/mol. The van der Waals surface area contributed by atoms with E-state index in [9.17, 15) is 0 Å². The Morgan fingerprint density at radius 3 is 1.49 bits per heavy atom. The molecule has 7 rings (SSSR count). The normalized spacial score (nSPS) is 10.9. The van der Waals surface area contributed by atoms with E-state index in [0.29, 0.717) is 0 Å². The molecule has 7 aromatic rings. The second-order valence-electron chi connectivity index (χ2n) is 10.6. The Morgan fingerprint density at radius 2 is 0.951 bits per heavy atom. The summed E-state index contributed by atoms with van der Waals surface area (Å²) in [6.45, 7) is 6.47. The number of thiol groups is 1. The number of nitrogens with zero attached hydrogens (tertiary/aromatic N) is 1. The van der Waals surface area contributed by atoms with Gasteiger partial charge in [-0.15, -0.1) is 12.6 Å². The summed E-state index contributed by atoms with van der Waals surface area (Å²) in [6, 6.07) is 49.4. The molecule has 0 spiro atoms. The Labute approximate surface area is 248 Å². The molecule has 0 aliphatic heterocycles. The smallest absolute Gasteiger partial charge is 0.0541 e. The molecule has 0 fully saturated rings. The minimum absolute atomic E-state index is 0.981. The zero-order valence-corrected chi connectivity index (χ0v) is 24.6. The van der Waals surface area contributed by atoms with Crippen LogP contribution >= 0.6 is 12.6 Å². The summed E-state index contributed by atoms with van der Waals surface area (Å²) in [7, 11) is 0. The predicted molar refractivity (Wildman–Crippen MR) is 180 cm³/mol. The molecule has 0 atom stereocenters. The summed E-state index contributed by atoms with van der Waals surface area (Å²) in [5, 5.41) is 2.58. The van der Waals surface area contributed by atoms with Gasteiger partial charge in [0, 0.05) is 21.4 Å². The second-order valence-corrected chi connectivity index (χ2v) is 11.1. The van der Waals surface area contributed by atoms with Gasteiger partial charge in [-0.3, -0.25) is 0 Å². The highest BCUT2D eigenvalue weighted by atomic mass is 32.1. The first kappa shape index (κ1) is 26.7. The number of aryl methyl sites for hydroxylation is 3. The fourth-order valence-electron chi connectivity index (χ4n) is 5.66. The summed E-state index contributed by atoms with van der Waals surface area (Å²) in [4.78, 5) is 0.981. The molecule has 6 aromatic carbocycles. The molecule has 1 aromatic heterocycles. The van der Waals surface area contributed by atoms with Crippen LogP contribution in [-0.2, 0) is 0 Å². The fourth-order valence-corrected chi connectivity index (χ4v) is 5.81. The van der Waals surface area contributed by atoms with Gasteiger partial charge in [0.25, 0.3) is 0 Å². The fraction of sp³-hybridized carbons (Fsp3) is 0.0769. The van der Waals surface area contributed by atoms with E-state index in [2.05, 4.69) is 165 Å². The number of hydrogen-bond donors (Lipinski definition) is 1. The lowest BCUT2D eigenvalue weighted by molar-refractivity contribution is 1.17. The molecule has 0 aliphatic rings. The van der Waals surface area contributed by atoms with Gasteiger partial charge in [-0.1, -0.05) is 103 Å². The third-order valence-electron chi connectivity index (χ3n) is 7.68. The Kier molecular flexibility index (Phi) is 7.50. The van der Waals surface area contributed by atoms with Crippen molar-refractivity contribution in [2.24, 2.45) is 0 Å². The third kappa shape index (κ3) is 5.44. The van der Waals surface area contributed by atoms with Crippen LogP contribution in [0.2, 0.25) is 0 Å². The average molecular weight is 548 g/mol. The quantitative estimate of drug-likeness (QED) is 0.210. The number of hydrogen-bond acceptors (Lipinski definition) is 1. The monoisotopic (exact) mass is 547 g/mol. The van der Waals surface area contributed by atoms with Gasteiger partial charge in [0.05, 0.1) is 11.0 Å². The number of fused-ring (bicyclic) bond motifs is 3. The van der Waals surface area contributed by atoms with E-state index < -0.39 is 0 Å². The van der Waals surface area contributed by atoms with Crippen LogP contribution < -0.4 is 0 Å². The maximum atomic E-state index is 4.41. The molecule has 0 N–H and O–H groups in total. The van der Waals surface area contributed by atoms with Crippen LogP contribution in [0.1, 0.15) is 16.7 Å². The highest BCUT2D eigenvalue weighted by molar-refractivity contribution is 7.80. The van der Waals surface area contributed by atoms with Gasteiger partial charge in [0.1, 0.15) is 0 Å². The lowest BCUT2D eigenvalue weighted by Gasteiger charge is -2.12. The molecule has 0 amide bonds. The van der Waals surface area contributed by atoms with Crippen molar-refractivity contribution in [1.29, 1.82) is 0 Å². The summed E-state index contributed by atoms with van der Waals surface area (Å²) >= 11 is 4.41. The largest absolute Gasteiger partial charge is 0.309 e. The molecular formula is C39H33NS. The third-order valence-corrected chi connectivity index (χ3v) is 7.98. The van der Waals surface area contributed by atoms with Crippen LogP contribution in [0.3, 0.4) is 0 Å². The number of aromatic nitrogens is 1. The van der Waals surface area contributed by atoms with Gasteiger partial charge in [-0.2, -0.15) is 0 Å². The van der Waals surface area contributed by atoms with Crippen LogP contribution in [0.4, 0.5) is 0 Å². The standard InChI is InChI=1S/C25H19NS.C14H14/c1-17-14-19(18-10-12-21(27)13-11-18)16-20(15-17)26-24-8-4-2-6-22(24)23-7-3-5-9-25(23)26;1-11-7-3-5-9-13(11)14-10-6-4-8-12(14)2/h2-16,27H,1H3;3-10H,1-2H3. The van der Waals surface area contributed by atoms with Gasteiger partial charge in [0.15, 0.2) is 0 Å². The minimum Gasteiger partial charge on any atom is -0.309 e. The Bertz CT molecular complexity index is 1880. The van der Waals surface area contributed by atoms with E-state index in [4.69, 9.17) is 0 Å². The van der Waals surface area contributed by atoms with E-state index in [1.54, 1.807) is 0 Å². The SMILES string of the molecule is Cc1cc(-c2ccc(S)cc2)cc(-n2c3ccccc3c3ccccc32)c1.Cc1ccccc1-c1ccccc1C. The van der Waals surface area contributed by atoms with Crippen molar-refractivity contribution in [3.05, 3.63) is 156 Å². The van der Waals surface area contributed by atoms with Crippen molar-refractivity contribution in [2.45, 2.75) is 25.7 Å². The minimum atomic E-state index is 0.981. The molecule has 1 heterocycles. The molecule has 1 nitrogen and oxygen atoms in total. The van der Waals surface area contributed by atoms with Crippen LogP contribution in [0.25, 0.3) is 49.7 Å². The second kappa shape index (κ2) is 11.5. The molecule has 2 heteroatoms. The molecule has 41 heavy (non-hydrogen) atoms. The first-order valence-corrected chi connectivity index (χ1v) is 14.5. The van der Waals surface area contributed by atoms with Gasteiger partial charge >= 0.3 is 0 Å². The van der Waals surface area contributed by atoms with E-state index >= 15 is 0 Å². The average Bonchev–Trinajstić information content (AvgIpc) is 3.33. The van der Waals surface area contributed by atoms with Crippen LogP contribution in [-0.4, -0.2) is 4.57 Å². The summed E-state index contributed by atoms with van der Waals surface area (Å²) < 4.78 is 2.37. The Morgan fingerprint density at radius 1 is 0.463 bits per heavy atom. The number of rotatable bonds is 3. The first-order chi connectivity index (χ1) is 20.0. The summed E-state index contributed by atoms with van der Waals surface area (Å²) in [5.74, 6) is 0. The number of benzene rings is 6. The van der Waals surface area contributed by atoms with Crippen molar-refractivity contribution < 1.29 is 0 Å². The van der Waals surface area contributed by atoms with E-state index in [-0.39, 0.29) is 0 Å². The van der Waals surface area contributed by atoms with Gasteiger partial charge in [-0.05, 0) is 96.1 Å². The van der Waals surface area contributed by atoms with E-state index in [0.717, 1.165) is 4.90 Å². The summed E-state index contributed by atoms with van der Waals surface area (Å²) in [6.07, 6.45) is 0. The van der Waals surface area contributed by atoms with Crippen molar-refractivity contribution in [2.75, 3.05) is 0 Å². The van der Waals surface area contributed by atoms with Crippen LogP contribution in [0, 0.1) is 20.8 Å². The Hall–Kier alpha value is -4.53. The molecule has 0 aliphatic carbocycles. The lowest BCUT2D eigenvalue weighted by Crippen LogP contribution is -1.95. The van der Waals surface area contributed by atoms with Gasteiger partial charge in [0.2, 0.25) is 0 Å². The molecule has 0 saturated heterocycles. The summed E-state index contributed by atoms with van der Waals surface area (Å²) in [5.41, 5.74) is 12.7. The van der Waals surface area contributed by atoms with Crippen molar-refractivity contribution >= 4 is 34.4 Å². The highest BCUT2D eigenvalue weighted by Gasteiger charge is 2.12. The van der Waals surface area contributed by atoms with Crippen molar-refractivity contribution in [1.82, 2.24) is 4.57 Å². The molecule has 0 saturated carbocycles. The van der Waals surface area contributed by atoms with Crippen molar-refractivity contribution in [3.63, 3.8) is 0 Å². The maximum absolute atomic E-state index is 4.41. The zero-order valence-electron chi connectivity index (χ0n) is 23.7. The van der Waals surface area contributed by atoms with Gasteiger partial charge < -0.3 is 4.57 Å².